The number of nitrogens with zero attached hydrogens (tertiary/aromatic N) is 2. The molecule has 0 aliphatic carbocycles. The van der Waals surface area contributed by atoms with Crippen LogP contribution in [0.1, 0.15) is 6.42 Å². The molecule has 0 aromatic carbocycles. The lowest BCUT2D eigenvalue weighted by Gasteiger charge is -2.44. The maximum Gasteiger partial charge on any atom is 0.352 e. The molecule has 2 aliphatic heterocycles. The fraction of sp³-hybridized carbons (Fsp3) is 0.308. The highest BCUT2D eigenvalue weighted by Crippen LogP contribution is 2.41. The van der Waals surface area contributed by atoms with E-state index in [1.165, 1.54) is 4.90 Å². The average molecular weight is 308 g/mol. The highest BCUT2D eigenvalue weighted by Gasteiger charge is 2.45. The van der Waals surface area contributed by atoms with Crippen LogP contribution in [0.2, 0.25) is 0 Å². The molecule has 3 heterocycles. The first-order valence-electron chi connectivity index (χ1n) is 6.11. The van der Waals surface area contributed by atoms with E-state index in [-0.39, 0.29) is 22.2 Å². The van der Waals surface area contributed by atoms with Gasteiger partial charge in [-0.3, -0.25) is 9.69 Å². The van der Waals surface area contributed by atoms with E-state index in [1.54, 1.807) is 35.8 Å². The number of carbonyl (C=O) groups is 2. The van der Waals surface area contributed by atoms with Crippen molar-refractivity contribution in [3.63, 3.8) is 0 Å². The highest BCUT2D eigenvalue weighted by atomic mass is 32.2. The molecule has 3 rings (SSSR count). The van der Waals surface area contributed by atoms with Crippen LogP contribution in [-0.4, -0.2) is 43.2 Å². The van der Waals surface area contributed by atoms with Gasteiger partial charge in [-0.15, -0.1) is 23.5 Å². The number of carbonyl (C=O) groups excluding carboxylic acids is 1. The molecule has 104 valence electrons. The zero-order valence-corrected chi connectivity index (χ0v) is 12.1. The predicted molar refractivity (Wildman–Crippen MR) is 77.3 cm³/mol. The number of amides is 1. The molecule has 1 N–H and O–H groups in total. The Bertz CT molecular complexity index is 576. The molecular weight excluding hydrogens is 296 g/mol. The van der Waals surface area contributed by atoms with Crippen LogP contribution in [0.25, 0.3) is 0 Å². The van der Waals surface area contributed by atoms with Crippen LogP contribution in [-0.2, 0) is 9.59 Å². The number of fused-ring (bicyclic) bond motifs is 1. The number of aliphatic carboxylic acids is 1. The van der Waals surface area contributed by atoms with Crippen molar-refractivity contribution in [2.75, 3.05) is 5.75 Å². The molecule has 1 amide bonds. The summed E-state index contributed by atoms with van der Waals surface area (Å²) in [5.74, 6) is -0.389. The number of carboxylic acids is 1. The number of carboxylic acid groups (broad SMARTS) is 1. The van der Waals surface area contributed by atoms with E-state index in [1.807, 2.05) is 18.2 Å². The SMILES string of the molecule is O=C(O)C1=CC(CSc2ccccn2)S[C@@H]2CC(=O)N12. The van der Waals surface area contributed by atoms with E-state index in [0.29, 0.717) is 6.42 Å². The standard InChI is InChI=1S/C13H12N2O3S2/c16-11-6-12-15(11)9(13(17)18)5-8(20-12)7-19-10-3-1-2-4-14-10/h1-5,8,12H,6-7H2,(H,17,18)/t8?,12-/m1/s1. The summed E-state index contributed by atoms with van der Waals surface area (Å²) in [6.45, 7) is 0. The third-order valence-electron chi connectivity index (χ3n) is 3.09. The van der Waals surface area contributed by atoms with E-state index in [4.69, 9.17) is 0 Å². The van der Waals surface area contributed by atoms with Gasteiger partial charge in [0, 0.05) is 17.2 Å². The summed E-state index contributed by atoms with van der Waals surface area (Å²) in [7, 11) is 0. The van der Waals surface area contributed by atoms with Crippen molar-refractivity contribution in [3.8, 4) is 0 Å². The second-order valence-electron chi connectivity index (χ2n) is 4.43. The fourth-order valence-corrected chi connectivity index (χ4v) is 4.61. The monoisotopic (exact) mass is 308 g/mol. The van der Waals surface area contributed by atoms with Crippen LogP contribution in [0.4, 0.5) is 0 Å². The van der Waals surface area contributed by atoms with Crippen molar-refractivity contribution in [2.24, 2.45) is 0 Å². The van der Waals surface area contributed by atoms with Crippen molar-refractivity contribution >= 4 is 35.4 Å². The van der Waals surface area contributed by atoms with Crippen molar-refractivity contribution in [2.45, 2.75) is 22.1 Å². The Hall–Kier alpha value is -1.47. The van der Waals surface area contributed by atoms with Crippen molar-refractivity contribution in [1.82, 2.24) is 9.88 Å². The Kier molecular flexibility index (Phi) is 3.71. The van der Waals surface area contributed by atoms with Gasteiger partial charge in [-0.25, -0.2) is 9.78 Å². The summed E-state index contributed by atoms with van der Waals surface area (Å²) >= 11 is 3.24. The van der Waals surface area contributed by atoms with Gasteiger partial charge in [0.1, 0.15) is 5.70 Å². The summed E-state index contributed by atoms with van der Waals surface area (Å²) in [5, 5.41) is 10.2. The van der Waals surface area contributed by atoms with Gasteiger partial charge in [-0.1, -0.05) is 6.07 Å². The second-order valence-corrected chi connectivity index (χ2v) is 6.90. The zero-order valence-electron chi connectivity index (χ0n) is 10.4. The van der Waals surface area contributed by atoms with Gasteiger partial charge in [-0.05, 0) is 18.2 Å². The van der Waals surface area contributed by atoms with Gasteiger partial charge in [-0.2, -0.15) is 0 Å². The first-order chi connectivity index (χ1) is 9.65. The highest BCUT2D eigenvalue weighted by molar-refractivity contribution is 8.03. The van der Waals surface area contributed by atoms with Crippen LogP contribution < -0.4 is 0 Å². The smallest absolute Gasteiger partial charge is 0.352 e. The Morgan fingerprint density at radius 2 is 2.40 bits per heavy atom. The minimum atomic E-state index is -1.03. The summed E-state index contributed by atoms with van der Waals surface area (Å²) < 4.78 is 0. The van der Waals surface area contributed by atoms with Gasteiger partial charge in [0.15, 0.2) is 0 Å². The number of hydrogen-bond acceptors (Lipinski definition) is 5. The topological polar surface area (TPSA) is 70.5 Å². The molecule has 0 saturated carbocycles. The van der Waals surface area contributed by atoms with Gasteiger partial charge >= 0.3 is 5.97 Å². The van der Waals surface area contributed by atoms with Gasteiger partial charge in [0.25, 0.3) is 0 Å². The number of pyridine rings is 1. The van der Waals surface area contributed by atoms with Gasteiger partial charge in [0.05, 0.1) is 16.8 Å². The number of thioether (sulfide) groups is 2. The maximum absolute atomic E-state index is 11.5. The Labute approximate surface area is 124 Å². The minimum Gasteiger partial charge on any atom is -0.477 e. The van der Waals surface area contributed by atoms with Crippen molar-refractivity contribution in [3.05, 3.63) is 36.2 Å². The molecule has 2 aliphatic rings. The van der Waals surface area contributed by atoms with Crippen molar-refractivity contribution < 1.29 is 14.7 Å². The second kappa shape index (κ2) is 5.49. The van der Waals surface area contributed by atoms with E-state index in [9.17, 15) is 14.7 Å². The van der Waals surface area contributed by atoms with Crippen LogP contribution in [0.5, 0.6) is 0 Å². The zero-order chi connectivity index (χ0) is 14.1. The lowest BCUT2D eigenvalue weighted by atomic mass is 10.1. The van der Waals surface area contributed by atoms with Crippen LogP contribution in [0, 0.1) is 0 Å². The van der Waals surface area contributed by atoms with E-state index < -0.39 is 5.97 Å². The third kappa shape index (κ3) is 2.55. The molecule has 1 aromatic heterocycles. The first kappa shape index (κ1) is 13.5. The van der Waals surface area contributed by atoms with E-state index in [2.05, 4.69) is 4.98 Å². The molecule has 7 heteroatoms. The lowest BCUT2D eigenvalue weighted by Crippen LogP contribution is -2.54. The molecule has 1 fully saturated rings. The number of hydrogen-bond donors (Lipinski definition) is 1. The van der Waals surface area contributed by atoms with Gasteiger partial charge in [0.2, 0.25) is 5.91 Å². The largest absolute Gasteiger partial charge is 0.477 e. The average Bonchev–Trinajstić information content (AvgIpc) is 2.44. The normalized spacial score (nSPS) is 24.7. The third-order valence-corrected chi connectivity index (χ3v) is 5.71. The summed E-state index contributed by atoms with van der Waals surface area (Å²) in [6.07, 6.45) is 3.84. The number of rotatable bonds is 4. The summed E-state index contributed by atoms with van der Waals surface area (Å²) in [4.78, 5) is 28.3. The van der Waals surface area contributed by atoms with E-state index in [0.717, 1.165) is 10.8 Å². The first-order valence-corrected chi connectivity index (χ1v) is 8.04. The van der Waals surface area contributed by atoms with Crippen LogP contribution in [0.15, 0.2) is 41.2 Å². The molecular formula is C13H12N2O3S2. The van der Waals surface area contributed by atoms with Crippen LogP contribution >= 0.6 is 23.5 Å². The molecule has 1 saturated heterocycles. The summed E-state index contributed by atoms with van der Waals surface area (Å²) in [5.41, 5.74) is 0.122. The fourth-order valence-electron chi connectivity index (χ4n) is 2.14. The Morgan fingerprint density at radius 3 is 3.05 bits per heavy atom. The molecule has 2 atom stereocenters. The molecule has 0 bridgehead atoms. The quantitative estimate of drug-likeness (QED) is 0.676. The Morgan fingerprint density at radius 1 is 1.55 bits per heavy atom. The lowest BCUT2D eigenvalue weighted by molar-refractivity contribution is -0.146. The molecule has 1 aromatic rings. The van der Waals surface area contributed by atoms with E-state index >= 15 is 0 Å². The van der Waals surface area contributed by atoms with Crippen molar-refractivity contribution in [1.29, 1.82) is 0 Å². The minimum absolute atomic E-state index is 0.0204. The molecule has 0 spiro atoms. The summed E-state index contributed by atoms with van der Waals surface area (Å²) in [6, 6.07) is 5.72. The number of β-lactam (4-membered cyclic amide) rings is 1. The maximum atomic E-state index is 11.5. The molecule has 0 radical (unpaired) electrons. The van der Waals surface area contributed by atoms with Gasteiger partial charge < -0.3 is 5.11 Å². The molecule has 20 heavy (non-hydrogen) atoms. The van der Waals surface area contributed by atoms with Crippen LogP contribution in [0.3, 0.4) is 0 Å². The molecule has 5 nitrogen and oxygen atoms in total. The number of aromatic nitrogens is 1. The Balaban J connectivity index is 1.70. The predicted octanol–water partition coefficient (Wildman–Crippen LogP) is 1.82. The molecule has 1 unspecified atom stereocenters.